The molecule has 0 aromatic rings. The molecule has 0 heterocycles. The van der Waals surface area contributed by atoms with Crippen molar-refractivity contribution in [3.05, 3.63) is 22.4 Å². The monoisotopic (exact) mass is 224 g/mol. The maximum absolute atomic E-state index is 11.7. The van der Waals surface area contributed by atoms with E-state index in [1.807, 2.05) is 6.08 Å². The summed E-state index contributed by atoms with van der Waals surface area (Å²) in [5.74, 6) is 0.242. The number of alkyl halides is 2. The van der Waals surface area contributed by atoms with Gasteiger partial charge in [-0.2, -0.15) is 8.78 Å². The number of allylic oxidation sites excluding steroid dienone is 3. The van der Waals surface area contributed by atoms with E-state index in [0.29, 0.717) is 4.48 Å². The SMILES string of the molecule is FC(F)OC1=C(Br)CCC=C1. The van der Waals surface area contributed by atoms with Crippen molar-refractivity contribution < 1.29 is 13.5 Å². The Bertz CT molecular complexity index is 199. The Hall–Kier alpha value is -0.380. The van der Waals surface area contributed by atoms with Crippen LogP contribution in [0.4, 0.5) is 8.78 Å². The first-order chi connectivity index (χ1) is 5.20. The van der Waals surface area contributed by atoms with Crippen LogP contribution in [0.5, 0.6) is 0 Å². The second kappa shape index (κ2) is 3.85. The normalized spacial score (nSPS) is 17.8. The molecule has 62 valence electrons. The Kier molecular flexibility index (Phi) is 3.05. The summed E-state index contributed by atoms with van der Waals surface area (Å²) in [6, 6.07) is 0. The van der Waals surface area contributed by atoms with Crippen LogP contribution in [-0.2, 0) is 4.74 Å². The van der Waals surface area contributed by atoms with Gasteiger partial charge in [-0.05, 0) is 18.9 Å². The fraction of sp³-hybridized carbons (Fsp3) is 0.429. The molecule has 0 atom stereocenters. The lowest BCUT2D eigenvalue weighted by Crippen LogP contribution is -2.00. The highest BCUT2D eigenvalue weighted by Gasteiger charge is 2.11. The molecular weight excluding hydrogens is 218 g/mol. The van der Waals surface area contributed by atoms with Crippen molar-refractivity contribution in [2.45, 2.75) is 19.5 Å². The first kappa shape index (κ1) is 8.71. The first-order valence-electron chi connectivity index (χ1n) is 3.20. The number of hydrogen-bond acceptors (Lipinski definition) is 1. The maximum atomic E-state index is 11.7. The molecule has 0 fully saturated rings. The summed E-state index contributed by atoms with van der Waals surface area (Å²) < 4.78 is 28.3. The second-order valence-electron chi connectivity index (χ2n) is 2.09. The van der Waals surface area contributed by atoms with E-state index in [0.717, 1.165) is 12.8 Å². The summed E-state index contributed by atoms with van der Waals surface area (Å²) in [5, 5.41) is 0. The van der Waals surface area contributed by atoms with E-state index < -0.39 is 6.61 Å². The zero-order valence-electron chi connectivity index (χ0n) is 5.69. The van der Waals surface area contributed by atoms with Crippen LogP contribution in [0.15, 0.2) is 22.4 Å². The second-order valence-corrected chi connectivity index (χ2v) is 3.05. The lowest BCUT2D eigenvalue weighted by Gasteiger charge is -2.11. The van der Waals surface area contributed by atoms with E-state index in [2.05, 4.69) is 20.7 Å². The summed E-state index contributed by atoms with van der Waals surface area (Å²) >= 11 is 3.15. The van der Waals surface area contributed by atoms with Crippen molar-refractivity contribution in [2.75, 3.05) is 0 Å². The molecule has 4 heteroatoms. The van der Waals surface area contributed by atoms with Crippen LogP contribution in [0.3, 0.4) is 0 Å². The Morgan fingerprint density at radius 1 is 1.55 bits per heavy atom. The Labute approximate surface area is 71.9 Å². The van der Waals surface area contributed by atoms with Gasteiger partial charge in [0.1, 0.15) is 5.76 Å². The number of hydrogen-bond donors (Lipinski definition) is 0. The minimum absolute atomic E-state index is 0.242. The van der Waals surface area contributed by atoms with Crippen LogP contribution in [0, 0.1) is 0 Å². The zero-order chi connectivity index (χ0) is 8.27. The topological polar surface area (TPSA) is 9.23 Å². The summed E-state index contributed by atoms with van der Waals surface area (Å²) in [5.41, 5.74) is 0. The third kappa shape index (κ3) is 2.61. The molecule has 0 spiro atoms. The molecule has 0 aromatic heterocycles. The quantitative estimate of drug-likeness (QED) is 0.701. The van der Waals surface area contributed by atoms with Crippen molar-refractivity contribution >= 4 is 15.9 Å². The fourth-order valence-corrected chi connectivity index (χ4v) is 1.27. The molecule has 0 aliphatic heterocycles. The molecule has 0 saturated heterocycles. The van der Waals surface area contributed by atoms with Gasteiger partial charge in [0.25, 0.3) is 0 Å². The van der Waals surface area contributed by atoms with Crippen molar-refractivity contribution in [1.82, 2.24) is 0 Å². The van der Waals surface area contributed by atoms with Crippen molar-refractivity contribution in [1.29, 1.82) is 0 Å². The maximum Gasteiger partial charge on any atom is 0.387 e. The minimum Gasteiger partial charge on any atom is -0.434 e. The van der Waals surface area contributed by atoms with Gasteiger partial charge in [-0.15, -0.1) is 0 Å². The van der Waals surface area contributed by atoms with Gasteiger partial charge in [0.2, 0.25) is 0 Å². The Morgan fingerprint density at radius 3 is 2.82 bits per heavy atom. The fourth-order valence-electron chi connectivity index (χ4n) is 0.813. The largest absolute Gasteiger partial charge is 0.434 e. The third-order valence-electron chi connectivity index (χ3n) is 1.28. The van der Waals surface area contributed by atoms with Gasteiger partial charge in [0.15, 0.2) is 0 Å². The third-order valence-corrected chi connectivity index (χ3v) is 2.07. The van der Waals surface area contributed by atoms with Crippen molar-refractivity contribution in [3.8, 4) is 0 Å². The van der Waals surface area contributed by atoms with Crippen LogP contribution in [0.1, 0.15) is 12.8 Å². The van der Waals surface area contributed by atoms with E-state index in [-0.39, 0.29) is 5.76 Å². The highest BCUT2D eigenvalue weighted by Crippen LogP contribution is 2.25. The molecule has 0 saturated carbocycles. The molecule has 1 aliphatic carbocycles. The number of rotatable bonds is 2. The van der Waals surface area contributed by atoms with Crippen LogP contribution in [0.2, 0.25) is 0 Å². The smallest absolute Gasteiger partial charge is 0.387 e. The molecule has 0 bridgehead atoms. The summed E-state index contributed by atoms with van der Waals surface area (Å²) in [7, 11) is 0. The first-order valence-corrected chi connectivity index (χ1v) is 3.99. The molecule has 11 heavy (non-hydrogen) atoms. The zero-order valence-corrected chi connectivity index (χ0v) is 7.27. The highest BCUT2D eigenvalue weighted by atomic mass is 79.9. The highest BCUT2D eigenvalue weighted by molar-refractivity contribution is 9.11. The summed E-state index contributed by atoms with van der Waals surface area (Å²) in [4.78, 5) is 0. The molecule has 0 amide bonds. The van der Waals surface area contributed by atoms with Crippen molar-refractivity contribution in [3.63, 3.8) is 0 Å². The summed E-state index contributed by atoms with van der Waals surface area (Å²) in [6.07, 6.45) is 4.97. The number of ether oxygens (including phenoxy) is 1. The molecular formula is C7H7BrF2O. The van der Waals surface area contributed by atoms with E-state index in [4.69, 9.17) is 0 Å². The standard InChI is InChI=1S/C7H7BrF2O/c8-5-3-1-2-4-6(5)11-7(9)10/h2,4,7H,1,3H2. The molecule has 0 unspecified atom stereocenters. The van der Waals surface area contributed by atoms with Gasteiger partial charge < -0.3 is 4.74 Å². The van der Waals surface area contributed by atoms with E-state index >= 15 is 0 Å². The molecule has 1 aliphatic rings. The van der Waals surface area contributed by atoms with Crippen LogP contribution >= 0.6 is 15.9 Å². The van der Waals surface area contributed by atoms with E-state index in [1.165, 1.54) is 0 Å². The predicted molar refractivity (Wildman–Crippen MR) is 41.4 cm³/mol. The predicted octanol–water partition coefficient (Wildman–Crippen LogP) is 3.18. The molecule has 1 nitrogen and oxygen atoms in total. The van der Waals surface area contributed by atoms with Gasteiger partial charge in [-0.1, -0.05) is 22.0 Å². The van der Waals surface area contributed by atoms with Crippen LogP contribution in [0.25, 0.3) is 0 Å². The lowest BCUT2D eigenvalue weighted by molar-refractivity contribution is -0.0926. The molecule has 0 N–H and O–H groups in total. The van der Waals surface area contributed by atoms with Gasteiger partial charge >= 0.3 is 6.61 Å². The van der Waals surface area contributed by atoms with E-state index in [9.17, 15) is 8.78 Å². The Balaban J connectivity index is 2.60. The number of halogens is 3. The minimum atomic E-state index is -2.74. The Morgan fingerprint density at radius 2 is 2.27 bits per heavy atom. The van der Waals surface area contributed by atoms with Gasteiger partial charge in [-0.25, -0.2) is 0 Å². The molecule has 0 radical (unpaired) electrons. The average Bonchev–Trinajstić information content (AvgIpc) is 1.93. The molecule has 1 rings (SSSR count). The average molecular weight is 225 g/mol. The van der Waals surface area contributed by atoms with Gasteiger partial charge in [-0.3, -0.25) is 0 Å². The molecule has 0 aromatic carbocycles. The van der Waals surface area contributed by atoms with Crippen LogP contribution < -0.4 is 0 Å². The van der Waals surface area contributed by atoms with Crippen molar-refractivity contribution in [2.24, 2.45) is 0 Å². The van der Waals surface area contributed by atoms with Gasteiger partial charge in [0.05, 0.1) is 0 Å². The van der Waals surface area contributed by atoms with E-state index in [1.54, 1.807) is 6.08 Å². The van der Waals surface area contributed by atoms with Gasteiger partial charge in [0, 0.05) is 4.48 Å². The van der Waals surface area contributed by atoms with Crippen LogP contribution in [-0.4, -0.2) is 6.61 Å². The summed E-state index contributed by atoms with van der Waals surface area (Å²) in [6.45, 7) is -2.74. The lowest BCUT2D eigenvalue weighted by atomic mass is 10.2.